The number of nitrogens with one attached hydrogen (secondary N) is 1. The Bertz CT molecular complexity index is 1030. The molecular formula is C22H27F6N5O2. The van der Waals surface area contributed by atoms with Gasteiger partial charge in [-0.3, -0.25) is 0 Å². The third-order valence-corrected chi connectivity index (χ3v) is 6.62. The van der Waals surface area contributed by atoms with Crippen LogP contribution in [-0.2, 0) is 30.2 Å². The molecule has 0 spiro atoms. The van der Waals surface area contributed by atoms with E-state index in [2.05, 4.69) is 20.8 Å². The van der Waals surface area contributed by atoms with E-state index in [-0.39, 0.29) is 36.7 Å². The number of aliphatic hydroxyl groups is 1. The smallest absolute Gasteiger partial charge is 0.389 e. The number of tetrazole rings is 1. The molecule has 2 aliphatic heterocycles. The van der Waals surface area contributed by atoms with E-state index in [1.54, 1.807) is 18.5 Å². The van der Waals surface area contributed by atoms with Crippen LogP contribution in [0.5, 0.6) is 0 Å². The molecule has 7 nitrogen and oxygen atoms in total. The van der Waals surface area contributed by atoms with Gasteiger partial charge >= 0.3 is 12.4 Å². The normalized spacial score (nSPS) is 27.4. The first-order chi connectivity index (χ1) is 16.1. The lowest BCUT2D eigenvalue weighted by molar-refractivity contribution is -0.143. The summed E-state index contributed by atoms with van der Waals surface area (Å²) in [5.41, 5.74) is -4.52. The zero-order valence-corrected chi connectivity index (χ0v) is 19.4. The van der Waals surface area contributed by atoms with Crippen LogP contribution in [0.25, 0.3) is 0 Å². The maximum atomic E-state index is 13.2. The molecule has 1 aromatic heterocycles. The summed E-state index contributed by atoms with van der Waals surface area (Å²) in [6, 6.07) is 1.52. The molecule has 2 fully saturated rings. The molecule has 0 radical (unpaired) electrons. The molecule has 2 aromatic rings. The summed E-state index contributed by atoms with van der Waals surface area (Å²) in [4.78, 5) is 0. The van der Waals surface area contributed by atoms with Gasteiger partial charge in [-0.1, -0.05) is 0 Å². The number of rotatable bonds is 6. The molecular weight excluding hydrogens is 480 g/mol. The second kappa shape index (κ2) is 8.70. The van der Waals surface area contributed by atoms with Gasteiger partial charge in [0.25, 0.3) is 0 Å². The average molecular weight is 507 g/mol. The van der Waals surface area contributed by atoms with Gasteiger partial charge in [-0.05, 0) is 74.2 Å². The van der Waals surface area contributed by atoms with Crippen LogP contribution in [0.15, 0.2) is 18.2 Å². The zero-order chi connectivity index (χ0) is 25.8. The van der Waals surface area contributed by atoms with Crippen molar-refractivity contribution in [3.8, 4) is 0 Å². The lowest BCUT2D eigenvalue weighted by Gasteiger charge is -2.39. The second-order valence-corrected chi connectivity index (χ2v) is 10.3. The van der Waals surface area contributed by atoms with Crippen LogP contribution in [-0.4, -0.2) is 48.6 Å². The molecule has 1 aromatic carbocycles. The molecule has 4 atom stereocenters. The summed E-state index contributed by atoms with van der Waals surface area (Å²) >= 11 is 0. The zero-order valence-electron chi connectivity index (χ0n) is 19.4. The third kappa shape index (κ3) is 5.61. The van der Waals surface area contributed by atoms with Gasteiger partial charge in [0, 0.05) is 17.5 Å². The molecule has 194 valence electrons. The van der Waals surface area contributed by atoms with Crippen molar-refractivity contribution in [3.05, 3.63) is 40.7 Å². The Morgan fingerprint density at radius 1 is 1.09 bits per heavy atom. The number of ether oxygens (including phenoxy) is 1. The minimum atomic E-state index is -4.91. The number of aromatic nitrogens is 4. The monoisotopic (exact) mass is 507 g/mol. The van der Waals surface area contributed by atoms with Crippen molar-refractivity contribution < 1.29 is 36.2 Å². The van der Waals surface area contributed by atoms with E-state index in [0.29, 0.717) is 37.2 Å². The first-order valence-electron chi connectivity index (χ1n) is 11.2. The predicted octanol–water partition coefficient (Wildman–Crippen LogP) is 4.07. The standard InChI is InChI=1S/C22H27F6N5O2/c1-19(2,34)11-33-18(30-31-32-33)15-9-20(3)17(5-4-16(15)29-20)35-10-12-6-13(21(23,24)25)8-14(7-12)22(26,27)28/h6-8,15-17,29,34H,4-5,9-11H2,1-3H3. The lowest BCUT2D eigenvalue weighted by atomic mass is 9.88. The van der Waals surface area contributed by atoms with Gasteiger partial charge in [0.05, 0.1) is 36.0 Å². The van der Waals surface area contributed by atoms with E-state index in [9.17, 15) is 31.4 Å². The van der Waals surface area contributed by atoms with Crippen LogP contribution in [0.3, 0.4) is 0 Å². The van der Waals surface area contributed by atoms with Gasteiger partial charge in [0.15, 0.2) is 5.82 Å². The molecule has 2 N–H and O–H groups in total. The highest BCUT2D eigenvalue weighted by atomic mass is 19.4. The fourth-order valence-electron chi connectivity index (χ4n) is 5.12. The molecule has 0 saturated carbocycles. The Morgan fingerprint density at radius 3 is 2.29 bits per heavy atom. The second-order valence-electron chi connectivity index (χ2n) is 10.3. The number of nitrogens with zero attached hydrogens (tertiary/aromatic N) is 4. The fourth-order valence-corrected chi connectivity index (χ4v) is 5.12. The Labute approximate surface area is 197 Å². The number of fused-ring (bicyclic) bond motifs is 2. The van der Waals surface area contributed by atoms with Crippen molar-refractivity contribution in [2.75, 3.05) is 0 Å². The summed E-state index contributed by atoms with van der Waals surface area (Å²) in [6.45, 7) is 5.02. The predicted molar refractivity (Wildman–Crippen MR) is 111 cm³/mol. The van der Waals surface area contributed by atoms with Crippen molar-refractivity contribution in [1.82, 2.24) is 25.5 Å². The van der Waals surface area contributed by atoms with E-state index in [0.717, 1.165) is 0 Å². The van der Waals surface area contributed by atoms with Crippen molar-refractivity contribution in [1.29, 1.82) is 0 Å². The molecule has 2 aliphatic rings. The van der Waals surface area contributed by atoms with Crippen LogP contribution in [0, 0.1) is 0 Å². The highest BCUT2D eigenvalue weighted by molar-refractivity contribution is 5.33. The number of piperidine rings is 1. The van der Waals surface area contributed by atoms with E-state index < -0.39 is 40.7 Å². The summed E-state index contributed by atoms with van der Waals surface area (Å²) in [7, 11) is 0. The Balaban J connectivity index is 1.50. The minimum absolute atomic E-state index is 0.0248. The Morgan fingerprint density at radius 2 is 1.71 bits per heavy atom. The molecule has 4 rings (SSSR count). The molecule has 0 amide bonds. The molecule has 0 aliphatic carbocycles. The Hall–Kier alpha value is -2.25. The molecule has 4 unspecified atom stereocenters. The van der Waals surface area contributed by atoms with Gasteiger partial charge < -0.3 is 15.2 Å². The molecule has 3 heterocycles. The number of hydrogen-bond acceptors (Lipinski definition) is 6. The van der Waals surface area contributed by atoms with Gasteiger partial charge in [0.2, 0.25) is 0 Å². The molecule has 2 bridgehead atoms. The van der Waals surface area contributed by atoms with Crippen molar-refractivity contribution >= 4 is 0 Å². The third-order valence-electron chi connectivity index (χ3n) is 6.62. The number of benzene rings is 1. The Kier molecular flexibility index (Phi) is 6.42. The minimum Gasteiger partial charge on any atom is -0.389 e. The summed E-state index contributed by atoms with van der Waals surface area (Å²) < 4.78 is 86.5. The molecule has 13 heteroatoms. The number of halogens is 6. The van der Waals surface area contributed by atoms with Crippen molar-refractivity contribution in [3.63, 3.8) is 0 Å². The number of alkyl halides is 6. The highest BCUT2D eigenvalue weighted by Crippen LogP contribution is 2.45. The SMILES string of the molecule is CC(C)(O)Cn1nnnc1C1CC2(C)NC1CCC2OCc1cc(C(F)(F)F)cc(C(F)(F)F)c1. The van der Waals surface area contributed by atoms with E-state index in [1.807, 2.05) is 6.92 Å². The summed E-state index contributed by atoms with van der Waals surface area (Å²) in [6.07, 6.45) is -8.46. The lowest BCUT2D eigenvalue weighted by Crippen LogP contribution is -2.54. The van der Waals surface area contributed by atoms with Gasteiger partial charge in [-0.2, -0.15) is 26.3 Å². The largest absolute Gasteiger partial charge is 0.416 e. The quantitative estimate of drug-likeness (QED) is 0.574. The van der Waals surface area contributed by atoms with E-state index in [4.69, 9.17) is 4.74 Å². The first kappa shape index (κ1) is 25.8. The summed E-state index contributed by atoms with van der Waals surface area (Å²) in [5.74, 6) is 0.526. The fraction of sp³-hybridized carbons (Fsp3) is 0.682. The van der Waals surface area contributed by atoms with Crippen LogP contribution in [0.2, 0.25) is 0 Å². The molecule has 2 saturated heterocycles. The topological polar surface area (TPSA) is 85.1 Å². The summed E-state index contributed by atoms with van der Waals surface area (Å²) in [5, 5.41) is 25.5. The van der Waals surface area contributed by atoms with Gasteiger partial charge in [-0.25, -0.2) is 4.68 Å². The highest BCUT2D eigenvalue weighted by Gasteiger charge is 2.52. The van der Waals surface area contributed by atoms with Crippen molar-refractivity contribution in [2.24, 2.45) is 0 Å². The van der Waals surface area contributed by atoms with Crippen LogP contribution >= 0.6 is 0 Å². The van der Waals surface area contributed by atoms with Crippen LogP contribution in [0.4, 0.5) is 26.3 Å². The average Bonchev–Trinajstić information content (AvgIpc) is 3.26. The number of hydrogen-bond donors (Lipinski definition) is 2. The maximum Gasteiger partial charge on any atom is 0.416 e. The van der Waals surface area contributed by atoms with E-state index >= 15 is 0 Å². The van der Waals surface area contributed by atoms with E-state index in [1.165, 1.54) is 0 Å². The molecule has 35 heavy (non-hydrogen) atoms. The van der Waals surface area contributed by atoms with Gasteiger partial charge in [-0.15, -0.1) is 5.10 Å². The van der Waals surface area contributed by atoms with Crippen molar-refractivity contribution in [2.45, 2.75) is 94.7 Å². The maximum absolute atomic E-state index is 13.2. The first-order valence-corrected chi connectivity index (χ1v) is 11.2. The van der Waals surface area contributed by atoms with Crippen LogP contribution in [0.1, 0.15) is 68.5 Å². The van der Waals surface area contributed by atoms with Gasteiger partial charge in [0.1, 0.15) is 0 Å². The van der Waals surface area contributed by atoms with Crippen LogP contribution < -0.4 is 5.32 Å².